The second-order valence-electron chi connectivity index (χ2n) is 3.43. The number of hydrogen-bond acceptors (Lipinski definition) is 2. The van der Waals surface area contributed by atoms with E-state index >= 15 is 0 Å². The van der Waals surface area contributed by atoms with Crippen molar-refractivity contribution in [3.8, 4) is 0 Å². The van der Waals surface area contributed by atoms with Gasteiger partial charge in [0, 0.05) is 32.2 Å². The monoisotopic (exact) mass is 171 g/mol. The third-order valence-electron chi connectivity index (χ3n) is 2.06. The number of carbonyl (C=O) groups is 1. The van der Waals surface area contributed by atoms with Gasteiger partial charge in [0.2, 0.25) is 0 Å². The Morgan fingerprint density at radius 3 is 2.33 bits per heavy atom. The molecular weight excluding hydrogens is 154 g/mol. The van der Waals surface area contributed by atoms with Crippen LogP contribution in [0.1, 0.15) is 13.8 Å². The van der Waals surface area contributed by atoms with Crippen molar-refractivity contribution in [2.24, 2.45) is 0 Å². The maximum absolute atomic E-state index is 11.2. The summed E-state index contributed by atoms with van der Waals surface area (Å²) in [6.07, 6.45) is 0. The third-order valence-corrected chi connectivity index (χ3v) is 2.06. The summed E-state index contributed by atoms with van der Waals surface area (Å²) in [6, 6.07) is 0.812. The maximum atomic E-state index is 11.2. The Hall–Kier alpha value is -0.770. The van der Waals surface area contributed by atoms with Crippen molar-refractivity contribution >= 4 is 6.03 Å². The zero-order chi connectivity index (χ0) is 9.14. The van der Waals surface area contributed by atoms with Crippen LogP contribution in [0, 0.1) is 0 Å². The highest BCUT2D eigenvalue weighted by Gasteiger charge is 2.23. The van der Waals surface area contributed by atoms with E-state index in [0.29, 0.717) is 12.1 Å². The largest absolute Gasteiger partial charge is 0.341 e. The summed E-state index contributed by atoms with van der Waals surface area (Å²) in [7, 11) is 1.67. The molecule has 0 bridgehead atoms. The quantitative estimate of drug-likeness (QED) is 0.539. The Labute approximate surface area is 73.3 Å². The molecule has 0 saturated carbocycles. The minimum atomic E-state index is 0.0233. The molecule has 1 heterocycles. The number of piperazine rings is 1. The fraction of sp³-hybridized carbons (Fsp3) is 0.875. The van der Waals surface area contributed by atoms with E-state index in [0.717, 1.165) is 13.1 Å². The summed E-state index contributed by atoms with van der Waals surface area (Å²) >= 11 is 0. The van der Waals surface area contributed by atoms with Crippen LogP contribution in [-0.2, 0) is 0 Å². The molecule has 1 rings (SSSR count). The Morgan fingerprint density at radius 2 is 1.92 bits per heavy atom. The molecule has 0 radical (unpaired) electrons. The first-order valence-corrected chi connectivity index (χ1v) is 4.36. The summed E-state index contributed by atoms with van der Waals surface area (Å²) in [5.41, 5.74) is 0. The Balaban J connectivity index is 2.49. The SMILES string of the molecule is CNC(=O)N1CC(C)NC(C)C1. The molecule has 2 unspecified atom stereocenters. The van der Waals surface area contributed by atoms with Gasteiger partial charge < -0.3 is 15.5 Å². The van der Waals surface area contributed by atoms with Gasteiger partial charge in [-0.15, -0.1) is 0 Å². The van der Waals surface area contributed by atoms with Crippen LogP contribution in [0.5, 0.6) is 0 Å². The smallest absolute Gasteiger partial charge is 0.317 e. The second kappa shape index (κ2) is 3.76. The molecule has 70 valence electrons. The average Bonchev–Trinajstić information content (AvgIpc) is 2.01. The zero-order valence-corrected chi connectivity index (χ0v) is 7.92. The van der Waals surface area contributed by atoms with Gasteiger partial charge in [0.15, 0.2) is 0 Å². The molecule has 1 aliphatic heterocycles. The number of amides is 2. The van der Waals surface area contributed by atoms with Crippen molar-refractivity contribution < 1.29 is 4.79 Å². The summed E-state index contributed by atoms with van der Waals surface area (Å²) in [5, 5.41) is 6.00. The third kappa shape index (κ3) is 2.11. The maximum Gasteiger partial charge on any atom is 0.317 e. The van der Waals surface area contributed by atoms with E-state index in [2.05, 4.69) is 24.5 Å². The molecule has 1 aliphatic rings. The fourth-order valence-electron chi connectivity index (χ4n) is 1.65. The topological polar surface area (TPSA) is 44.4 Å². The molecule has 0 spiro atoms. The molecule has 0 aliphatic carbocycles. The number of nitrogens with zero attached hydrogens (tertiary/aromatic N) is 1. The van der Waals surface area contributed by atoms with Crippen LogP contribution in [0.15, 0.2) is 0 Å². The van der Waals surface area contributed by atoms with E-state index < -0.39 is 0 Å². The van der Waals surface area contributed by atoms with Crippen molar-refractivity contribution in [3.63, 3.8) is 0 Å². The van der Waals surface area contributed by atoms with E-state index in [4.69, 9.17) is 0 Å². The van der Waals surface area contributed by atoms with Crippen LogP contribution in [0.2, 0.25) is 0 Å². The molecule has 0 aromatic rings. The number of nitrogens with one attached hydrogen (secondary N) is 2. The lowest BCUT2D eigenvalue weighted by atomic mass is 10.1. The van der Waals surface area contributed by atoms with Crippen molar-refractivity contribution in [1.29, 1.82) is 0 Å². The molecule has 12 heavy (non-hydrogen) atoms. The Kier molecular flexibility index (Phi) is 2.92. The van der Waals surface area contributed by atoms with Gasteiger partial charge >= 0.3 is 6.03 Å². The lowest BCUT2D eigenvalue weighted by Crippen LogP contribution is -2.57. The van der Waals surface area contributed by atoms with Gasteiger partial charge in [-0.1, -0.05) is 0 Å². The van der Waals surface area contributed by atoms with Crippen LogP contribution >= 0.6 is 0 Å². The average molecular weight is 171 g/mol. The van der Waals surface area contributed by atoms with Crippen LogP contribution in [0.25, 0.3) is 0 Å². The summed E-state index contributed by atoms with van der Waals surface area (Å²) in [4.78, 5) is 13.1. The van der Waals surface area contributed by atoms with Crippen molar-refractivity contribution in [2.45, 2.75) is 25.9 Å². The number of rotatable bonds is 0. The molecule has 4 nitrogen and oxygen atoms in total. The highest BCUT2D eigenvalue weighted by Crippen LogP contribution is 2.03. The minimum absolute atomic E-state index is 0.0233. The van der Waals surface area contributed by atoms with E-state index in [1.165, 1.54) is 0 Å². The van der Waals surface area contributed by atoms with Gasteiger partial charge in [0.25, 0.3) is 0 Å². The standard InChI is InChI=1S/C8H17N3O/c1-6-4-11(8(12)9-3)5-7(2)10-6/h6-7,10H,4-5H2,1-3H3,(H,9,12). The molecule has 1 fully saturated rings. The van der Waals surface area contributed by atoms with Gasteiger partial charge in [-0.3, -0.25) is 0 Å². The van der Waals surface area contributed by atoms with Crippen LogP contribution < -0.4 is 10.6 Å². The molecule has 2 atom stereocenters. The summed E-state index contributed by atoms with van der Waals surface area (Å²) in [5.74, 6) is 0. The van der Waals surface area contributed by atoms with Crippen LogP contribution in [0.3, 0.4) is 0 Å². The minimum Gasteiger partial charge on any atom is -0.341 e. The van der Waals surface area contributed by atoms with Crippen LogP contribution in [0.4, 0.5) is 4.79 Å². The summed E-state index contributed by atoms with van der Waals surface area (Å²) < 4.78 is 0. The van der Waals surface area contributed by atoms with Crippen molar-refractivity contribution in [2.75, 3.05) is 20.1 Å². The first kappa shape index (κ1) is 9.32. The van der Waals surface area contributed by atoms with Gasteiger partial charge in [-0.25, -0.2) is 4.79 Å². The molecule has 2 amide bonds. The molecule has 1 saturated heterocycles. The molecule has 2 N–H and O–H groups in total. The van der Waals surface area contributed by atoms with E-state index in [1.807, 2.05) is 4.90 Å². The fourth-order valence-corrected chi connectivity index (χ4v) is 1.65. The lowest BCUT2D eigenvalue weighted by Gasteiger charge is -2.35. The predicted molar refractivity (Wildman–Crippen MR) is 48.1 cm³/mol. The zero-order valence-electron chi connectivity index (χ0n) is 7.92. The second-order valence-corrected chi connectivity index (χ2v) is 3.43. The highest BCUT2D eigenvalue weighted by atomic mass is 16.2. The van der Waals surface area contributed by atoms with E-state index in [-0.39, 0.29) is 6.03 Å². The van der Waals surface area contributed by atoms with Crippen LogP contribution in [-0.4, -0.2) is 43.2 Å². The van der Waals surface area contributed by atoms with E-state index in [9.17, 15) is 4.79 Å². The molecule has 0 aromatic heterocycles. The van der Waals surface area contributed by atoms with Crippen molar-refractivity contribution in [1.82, 2.24) is 15.5 Å². The van der Waals surface area contributed by atoms with Gasteiger partial charge in [-0.05, 0) is 13.8 Å². The Morgan fingerprint density at radius 1 is 1.42 bits per heavy atom. The first-order chi connectivity index (χ1) is 5.63. The van der Waals surface area contributed by atoms with E-state index in [1.54, 1.807) is 7.05 Å². The van der Waals surface area contributed by atoms with Gasteiger partial charge in [0.1, 0.15) is 0 Å². The number of urea groups is 1. The Bertz CT molecular complexity index is 162. The van der Waals surface area contributed by atoms with Gasteiger partial charge in [0.05, 0.1) is 0 Å². The first-order valence-electron chi connectivity index (χ1n) is 4.36. The lowest BCUT2D eigenvalue weighted by molar-refractivity contribution is 0.167. The van der Waals surface area contributed by atoms with Crippen molar-refractivity contribution in [3.05, 3.63) is 0 Å². The molecular formula is C8H17N3O. The summed E-state index contributed by atoms with van der Waals surface area (Å²) in [6.45, 7) is 5.77. The normalized spacial score (nSPS) is 30.1. The van der Waals surface area contributed by atoms with Gasteiger partial charge in [-0.2, -0.15) is 0 Å². The highest BCUT2D eigenvalue weighted by molar-refractivity contribution is 5.74. The molecule has 4 heteroatoms. The number of carbonyl (C=O) groups excluding carboxylic acids is 1. The number of hydrogen-bond donors (Lipinski definition) is 2. The molecule has 0 aromatic carbocycles. The predicted octanol–water partition coefficient (Wildman–Crippen LogP) is 0.00800.